The number of hydrogen-bond acceptors (Lipinski definition) is 5. The fourth-order valence-electron chi connectivity index (χ4n) is 1.99. The van der Waals surface area contributed by atoms with E-state index in [4.69, 9.17) is 4.74 Å². The Morgan fingerprint density at radius 3 is 2.62 bits per heavy atom. The third-order valence-electron chi connectivity index (χ3n) is 2.62. The Bertz CT molecular complexity index is 348. The van der Waals surface area contributed by atoms with E-state index < -0.39 is 0 Å². The van der Waals surface area contributed by atoms with Gasteiger partial charge in [0.05, 0.1) is 24.6 Å². The van der Waals surface area contributed by atoms with Crippen LogP contribution >= 0.6 is 0 Å². The minimum Gasteiger partial charge on any atom is -0.372 e. The Balaban J connectivity index is 2.16. The van der Waals surface area contributed by atoms with E-state index in [1.54, 1.807) is 12.4 Å². The van der Waals surface area contributed by atoms with E-state index in [0.29, 0.717) is 0 Å². The molecule has 1 N–H and O–H groups in total. The third-order valence-corrected chi connectivity index (χ3v) is 2.62. The molecule has 2 rings (SSSR count). The van der Waals surface area contributed by atoms with Crippen LogP contribution in [0, 0.1) is 0 Å². The van der Waals surface area contributed by atoms with Gasteiger partial charge in [-0.2, -0.15) is 0 Å². The zero-order chi connectivity index (χ0) is 11.5. The van der Waals surface area contributed by atoms with Crippen molar-refractivity contribution >= 4 is 11.6 Å². The summed E-state index contributed by atoms with van der Waals surface area (Å²) in [6, 6.07) is 0. The Kier molecular flexibility index (Phi) is 3.24. The zero-order valence-corrected chi connectivity index (χ0v) is 9.97. The summed E-state index contributed by atoms with van der Waals surface area (Å²) >= 11 is 0. The molecule has 0 bridgehead atoms. The van der Waals surface area contributed by atoms with Crippen molar-refractivity contribution < 1.29 is 4.74 Å². The van der Waals surface area contributed by atoms with Crippen LogP contribution in [-0.4, -0.2) is 42.3 Å². The van der Waals surface area contributed by atoms with E-state index in [9.17, 15) is 0 Å². The summed E-state index contributed by atoms with van der Waals surface area (Å²) in [6.07, 6.45) is 4.00. The first-order valence-electron chi connectivity index (χ1n) is 5.59. The standard InChI is InChI=1S/C11H18N4O/c1-8-6-15(7-9(2)16-8)11-5-13-4-10(12-3)14-11/h4-5,8-9H,6-7H2,1-3H3,(H,12,14)/t8-,9+. The molecule has 5 heteroatoms. The maximum Gasteiger partial charge on any atom is 0.149 e. The first-order valence-corrected chi connectivity index (χ1v) is 5.59. The van der Waals surface area contributed by atoms with Crippen LogP contribution < -0.4 is 10.2 Å². The van der Waals surface area contributed by atoms with Crippen molar-refractivity contribution in [1.82, 2.24) is 9.97 Å². The van der Waals surface area contributed by atoms with E-state index in [0.717, 1.165) is 24.7 Å². The maximum atomic E-state index is 5.69. The highest BCUT2D eigenvalue weighted by atomic mass is 16.5. The lowest BCUT2D eigenvalue weighted by Gasteiger charge is -2.35. The molecule has 0 aromatic carbocycles. The number of morpholine rings is 1. The summed E-state index contributed by atoms with van der Waals surface area (Å²) in [7, 11) is 1.85. The van der Waals surface area contributed by atoms with Crippen molar-refractivity contribution in [3.8, 4) is 0 Å². The minimum atomic E-state index is 0.240. The van der Waals surface area contributed by atoms with Crippen LogP contribution in [0.5, 0.6) is 0 Å². The smallest absolute Gasteiger partial charge is 0.149 e. The maximum absolute atomic E-state index is 5.69. The fourth-order valence-corrected chi connectivity index (χ4v) is 1.99. The molecule has 1 fully saturated rings. The zero-order valence-electron chi connectivity index (χ0n) is 9.97. The van der Waals surface area contributed by atoms with Crippen molar-refractivity contribution in [3.05, 3.63) is 12.4 Å². The average molecular weight is 222 g/mol. The van der Waals surface area contributed by atoms with Gasteiger partial charge in [-0.1, -0.05) is 0 Å². The second-order valence-electron chi connectivity index (χ2n) is 4.17. The third kappa shape index (κ3) is 2.41. The molecular formula is C11H18N4O. The predicted octanol–water partition coefficient (Wildman–Crippen LogP) is 1.13. The summed E-state index contributed by atoms with van der Waals surface area (Å²) in [5, 5.41) is 3.00. The van der Waals surface area contributed by atoms with Gasteiger partial charge in [0.2, 0.25) is 0 Å². The second kappa shape index (κ2) is 4.65. The average Bonchev–Trinajstić information content (AvgIpc) is 2.28. The number of hydrogen-bond donors (Lipinski definition) is 1. The molecular weight excluding hydrogens is 204 g/mol. The summed E-state index contributed by atoms with van der Waals surface area (Å²) in [5.41, 5.74) is 0. The molecule has 88 valence electrons. The van der Waals surface area contributed by atoms with Gasteiger partial charge in [0, 0.05) is 20.1 Å². The van der Waals surface area contributed by atoms with Gasteiger partial charge in [-0.15, -0.1) is 0 Å². The molecule has 0 aliphatic carbocycles. The van der Waals surface area contributed by atoms with Gasteiger partial charge < -0.3 is 15.0 Å². The molecule has 0 radical (unpaired) electrons. The van der Waals surface area contributed by atoms with Crippen molar-refractivity contribution in [2.24, 2.45) is 0 Å². The van der Waals surface area contributed by atoms with Gasteiger partial charge in [-0.3, -0.25) is 4.98 Å². The number of nitrogens with one attached hydrogen (secondary N) is 1. The molecule has 1 aliphatic heterocycles. The lowest BCUT2D eigenvalue weighted by atomic mass is 10.2. The molecule has 2 atom stereocenters. The summed E-state index contributed by atoms with van der Waals surface area (Å²) in [5.74, 6) is 1.71. The monoisotopic (exact) mass is 222 g/mol. The number of ether oxygens (including phenoxy) is 1. The van der Waals surface area contributed by atoms with Crippen LogP contribution in [-0.2, 0) is 4.74 Å². The van der Waals surface area contributed by atoms with Gasteiger partial charge in [0.1, 0.15) is 11.6 Å². The fraction of sp³-hybridized carbons (Fsp3) is 0.636. The highest BCUT2D eigenvalue weighted by Crippen LogP contribution is 2.18. The van der Waals surface area contributed by atoms with Gasteiger partial charge in [0.25, 0.3) is 0 Å². The van der Waals surface area contributed by atoms with Gasteiger partial charge in [0.15, 0.2) is 0 Å². The summed E-state index contributed by atoms with van der Waals surface area (Å²) in [4.78, 5) is 10.9. The highest BCUT2D eigenvalue weighted by molar-refractivity contribution is 5.44. The summed E-state index contributed by atoms with van der Waals surface area (Å²) in [6.45, 7) is 5.90. The molecule has 0 unspecified atom stereocenters. The van der Waals surface area contributed by atoms with Crippen LogP contribution in [0.25, 0.3) is 0 Å². The van der Waals surface area contributed by atoms with Crippen LogP contribution in [0.4, 0.5) is 11.6 Å². The molecule has 0 spiro atoms. The Hall–Kier alpha value is -1.36. The highest BCUT2D eigenvalue weighted by Gasteiger charge is 2.23. The van der Waals surface area contributed by atoms with E-state index in [1.165, 1.54) is 0 Å². The first-order chi connectivity index (χ1) is 7.69. The normalized spacial score (nSPS) is 25.6. The lowest BCUT2D eigenvalue weighted by molar-refractivity contribution is -0.00547. The molecule has 2 heterocycles. The largest absolute Gasteiger partial charge is 0.372 e. The van der Waals surface area contributed by atoms with Crippen LogP contribution in [0.2, 0.25) is 0 Å². The van der Waals surface area contributed by atoms with Crippen LogP contribution in [0.3, 0.4) is 0 Å². The van der Waals surface area contributed by atoms with E-state index >= 15 is 0 Å². The van der Waals surface area contributed by atoms with Gasteiger partial charge >= 0.3 is 0 Å². The van der Waals surface area contributed by atoms with Crippen LogP contribution in [0.15, 0.2) is 12.4 Å². The summed E-state index contributed by atoms with van der Waals surface area (Å²) < 4.78 is 5.69. The van der Waals surface area contributed by atoms with Crippen LogP contribution in [0.1, 0.15) is 13.8 Å². The van der Waals surface area contributed by atoms with Crippen molar-refractivity contribution in [2.45, 2.75) is 26.1 Å². The Morgan fingerprint density at radius 2 is 2.00 bits per heavy atom. The Labute approximate surface area is 95.8 Å². The van der Waals surface area contributed by atoms with Crippen molar-refractivity contribution in [1.29, 1.82) is 0 Å². The Morgan fingerprint density at radius 1 is 1.31 bits per heavy atom. The van der Waals surface area contributed by atoms with Gasteiger partial charge in [-0.05, 0) is 13.8 Å². The second-order valence-corrected chi connectivity index (χ2v) is 4.17. The molecule has 1 aromatic heterocycles. The number of rotatable bonds is 2. The van der Waals surface area contributed by atoms with E-state index in [1.807, 2.05) is 7.05 Å². The first kappa shape index (κ1) is 11.1. The molecule has 16 heavy (non-hydrogen) atoms. The molecule has 0 amide bonds. The molecule has 1 aromatic rings. The minimum absolute atomic E-state index is 0.240. The molecule has 5 nitrogen and oxygen atoms in total. The molecule has 1 saturated heterocycles. The topological polar surface area (TPSA) is 50.3 Å². The SMILES string of the molecule is CNc1cncc(N2C[C@@H](C)O[C@@H](C)C2)n1. The van der Waals surface area contributed by atoms with Crippen molar-refractivity contribution in [3.63, 3.8) is 0 Å². The lowest BCUT2D eigenvalue weighted by Crippen LogP contribution is -2.45. The van der Waals surface area contributed by atoms with Crippen molar-refractivity contribution in [2.75, 3.05) is 30.4 Å². The number of anilines is 2. The molecule has 1 aliphatic rings. The molecule has 0 saturated carbocycles. The number of aromatic nitrogens is 2. The van der Waals surface area contributed by atoms with E-state index in [-0.39, 0.29) is 12.2 Å². The van der Waals surface area contributed by atoms with E-state index in [2.05, 4.69) is 34.0 Å². The quantitative estimate of drug-likeness (QED) is 0.813. The van der Waals surface area contributed by atoms with Gasteiger partial charge in [-0.25, -0.2) is 4.98 Å². The predicted molar refractivity (Wildman–Crippen MR) is 63.8 cm³/mol. The number of nitrogens with zero attached hydrogens (tertiary/aromatic N) is 3.